The number of hydrogen-bond donors (Lipinski definition) is 1. The van der Waals surface area contributed by atoms with Crippen LogP contribution in [0.25, 0.3) is 0 Å². The molecule has 0 aliphatic heterocycles. The Morgan fingerprint density at radius 3 is 2.29 bits per heavy atom. The molecule has 90 valence electrons. The molecular formula is C13H17N3O. The van der Waals surface area contributed by atoms with Crippen LogP contribution in [0.15, 0.2) is 24.3 Å². The maximum Gasteiger partial charge on any atom is 0.243 e. The maximum atomic E-state index is 12.0. The number of amides is 1. The summed E-state index contributed by atoms with van der Waals surface area (Å²) in [5, 5.41) is 8.69. The molecule has 17 heavy (non-hydrogen) atoms. The molecule has 0 aliphatic rings. The molecule has 0 aliphatic carbocycles. The first-order chi connectivity index (χ1) is 7.97. The minimum absolute atomic E-state index is 0.100. The fraction of sp³-hybridized carbons (Fsp3) is 0.385. The van der Waals surface area contributed by atoms with Crippen LogP contribution in [0, 0.1) is 17.2 Å². The van der Waals surface area contributed by atoms with Gasteiger partial charge in [-0.2, -0.15) is 5.26 Å². The number of carbonyl (C=O) groups excluding carboxylic acids is 1. The van der Waals surface area contributed by atoms with E-state index >= 15 is 0 Å². The largest absolute Gasteiger partial charge is 0.320 e. The van der Waals surface area contributed by atoms with E-state index in [9.17, 15) is 4.79 Å². The molecule has 0 radical (unpaired) electrons. The van der Waals surface area contributed by atoms with Gasteiger partial charge >= 0.3 is 0 Å². The van der Waals surface area contributed by atoms with Gasteiger partial charge in [0.15, 0.2) is 0 Å². The van der Waals surface area contributed by atoms with Crippen molar-refractivity contribution in [2.45, 2.75) is 19.9 Å². The minimum Gasteiger partial charge on any atom is -0.320 e. The highest BCUT2D eigenvalue weighted by molar-refractivity contribution is 5.96. The highest BCUT2D eigenvalue weighted by atomic mass is 16.2. The van der Waals surface area contributed by atoms with Gasteiger partial charge in [-0.1, -0.05) is 13.8 Å². The van der Waals surface area contributed by atoms with Crippen molar-refractivity contribution < 1.29 is 4.79 Å². The first-order valence-corrected chi connectivity index (χ1v) is 5.50. The second kappa shape index (κ2) is 5.46. The average molecular weight is 231 g/mol. The summed E-state index contributed by atoms with van der Waals surface area (Å²) in [4.78, 5) is 13.5. The summed E-state index contributed by atoms with van der Waals surface area (Å²) in [5.41, 5.74) is 7.12. The van der Waals surface area contributed by atoms with Crippen molar-refractivity contribution in [2.75, 3.05) is 11.9 Å². The Labute approximate surface area is 102 Å². The van der Waals surface area contributed by atoms with Crippen LogP contribution in [0.4, 0.5) is 5.69 Å². The number of nitriles is 1. The van der Waals surface area contributed by atoms with Crippen molar-refractivity contribution in [3.8, 4) is 6.07 Å². The fourth-order valence-corrected chi connectivity index (χ4v) is 1.40. The molecule has 0 bridgehead atoms. The van der Waals surface area contributed by atoms with E-state index in [1.807, 2.05) is 19.9 Å². The number of benzene rings is 1. The fourth-order valence-electron chi connectivity index (χ4n) is 1.40. The van der Waals surface area contributed by atoms with E-state index in [0.717, 1.165) is 5.69 Å². The number of nitrogens with zero attached hydrogens (tertiary/aromatic N) is 2. The van der Waals surface area contributed by atoms with E-state index in [1.54, 1.807) is 31.3 Å². The van der Waals surface area contributed by atoms with Crippen molar-refractivity contribution in [1.82, 2.24) is 0 Å². The smallest absolute Gasteiger partial charge is 0.243 e. The zero-order chi connectivity index (χ0) is 13.0. The van der Waals surface area contributed by atoms with Crippen LogP contribution in [-0.2, 0) is 4.79 Å². The van der Waals surface area contributed by atoms with E-state index < -0.39 is 6.04 Å². The zero-order valence-electron chi connectivity index (χ0n) is 10.3. The molecule has 1 aromatic carbocycles. The predicted molar refractivity (Wildman–Crippen MR) is 67.4 cm³/mol. The van der Waals surface area contributed by atoms with E-state index in [2.05, 4.69) is 0 Å². The van der Waals surface area contributed by atoms with Gasteiger partial charge in [-0.15, -0.1) is 0 Å². The SMILES string of the molecule is CC(C)[C@H](N)C(=O)N(C)c1ccc(C#N)cc1. The van der Waals surface area contributed by atoms with Crippen LogP contribution < -0.4 is 10.6 Å². The molecule has 0 aromatic heterocycles. The van der Waals surface area contributed by atoms with Gasteiger partial charge in [0.05, 0.1) is 17.7 Å². The van der Waals surface area contributed by atoms with Gasteiger partial charge in [0.1, 0.15) is 0 Å². The van der Waals surface area contributed by atoms with Gasteiger partial charge < -0.3 is 10.6 Å². The summed E-state index contributed by atoms with van der Waals surface area (Å²) in [6.45, 7) is 3.82. The van der Waals surface area contributed by atoms with Gasteiger partial charge in [0.2, 0.25) is 5.91 Å². The molecule has 2 N–H and O–H groups in total. The third-order valence-electron chi connectivity index (χ3n) is 2.72. The molecule has 4 heteroatoms. The summed E-state index contributed by atoms with van der Waals surface area (Å²) in [6, 6.07) is 8.37. The van der Waals surface area contributed by atoms with Crippen molar-refractivity contribution in [1.29, 1.82) is 5.26 Å². The van der Waals surface area contributed by atoms with Crippen LogP contribution in [-0.4, -0.2) is 19.0 Å². The Morgan fingerprint density at radius 1 is 1.35 bits per heavy atom. The molecule has 0 fully saturated rings. The molecule has 1 aromatic rings. The monoisotopic (exact) mass is 231 g/mol. The van der Waals surface area contributed by atoms with Gasteiger partial charge in [0, 0.05) is 12.7 Å². The van der Waals surface area contributed by atoms with Crippen molar-refractivity contribution in [2.24, 2.45) is 11.7 Å². The Bertz CT molecular complexity index is 431. The van der Waals surface area contributed by atoms with Crippen molar-refractivity contribution >= 4 is 11.6 Å². The first kappa shape index (κ1) is 13.2. The second-order valence-electron chi connectivity index (χ2n) is 4.33. The second-order valence-corrected chi connectivity index (χ2v) is 4.33. The summed E-state index contributed by atoms with van der Waals surface area (Å²) in [6.07, 6.45) is 0. The lowest BCUT2D eigenvalue weighted by molar-refractivity contribution is -0.120. The quantitative estimate of drug-likeness (QED) is 0.857. The normalized spacial score (nSPS) is 12.0. The Morgan fingerprint density at radius 2 is 1.88 bits per heavy atom. The maximum absolute atomic E-state index is 12.0. The Hall–Kier alpha value is -1.86. The Balaban J connectivity index is 2.85. The van der Waals surface area contributed by atoms with E-state index in [4.69, 9.17) is 11.0 Å². The average Bonchev–Trinajstić information content (AvgIpc) is 2.36. The van der Waals surface area contributed by atoms with Crippen LogP contribution in [0.5, 0.6) is 0 Å². The lowest BCUT2D eigenvalue weighted by atomic mass is 10.0. The lowest BCUT2D eigenvalue weighted by Crippen LogP contribution is -2.45. The molecule has 1 atom stereocenters. The molecule has 0 saturated heterocycles. The molecule has 1 rings (SSSR count). The standard InChI is InChI=1S/C13H17N3O/c1-9(2)12(15)13(17)16(3)11-6-4-10(8-14)5-7-11/h4-7,9,12H,15H2,1-3H3/t12-/m0/s1. The number of carbonyl (C=O) groups is 1. The van der Waals surface area contributed by atoms with Crippen LogP contribution in [0.3, 0.4) is 0 Å². The Kier molecular flexibility index (Phi) is 4.24. The van der Waals surface area contributed by atoms with E-state index in [-0.39, 0.29) is 11.8 Å². The molecule has 4 nitrogen and oxygen atoms in total. The topological polar surface area (TPSA) is 70.1 Å². The summed E-state index contributed by atoms with van der Waals surface area (Å²) < 4.78 is 0. The molecule has 1 amide bonds. The lowest BCUT2D eigenvalue weighted by Gasteiger charge is -2.23. The summed E-state index contributed by atoms with van der Waals surface area (Å²) >= 11 is 0. The predicted octanol–water partition coefficient (Wildman–Crippen LogP) is 1.50. The third-order valence-corrected chi connectivity index (χ3v) is 2.72. The molecular weight excluding hydrogens is 214 g/mol. The highest BCUT2D eigenvalue weighted by Gasteiger charge is 2.21. The van der Waals surface area contributed by atoms with Crippen LogP contribution >= 0.6 is 0 Å². The summed E-state index contributed by atoms with van der Waals surface area (Å²) in [7, 11) is 1.69. The van der Waals surface area contributed by atoms with Gasteiger partial charge in [-0.05, 0) is 30.2 Å². The van der Waals surface area contributed by atoms with Gasteiger partial charge in [-0.25, -0.2) is 0 Å². The zero-order valence-corrected chi connectivity index (χ0v) is 10.3. The number of anilines is 1. The van der Waals surface area contributed by atoms with Crippen LogP contribution in [0.1, 0.15) is 19.4 Å². The summed E-state index contributed by atoms with van der Waals surface area (Å²) in [5.74, 6) is -0.0203. The minimum atomic E-state index is -0.504. The molecule has 0 saturated carbocycles. The van der Waals surface area contributed by atoms with Crippen LogP contribution in [0.2, 0.25) is 0 Å². The molecule has 0 heterocycles. The molecule has 0 spiro atoms. The first-order valence-electron chi connectivity index (χ1n) is 5.50. The number of likely N-dealkylation sites (N-methyl/N-ethyl adjacent to an activating group) is 1. The highest BCUT2D eigenvalue weighted by Crippen LogP contribution is 2.15. The molecule has 0 unspecified atom stereocenters. The number of rotatable bonds is 3. The van der Waals surface area contributed by atoms with Crippen molar-refractivity contribution in [3.63, 3.8) is 0 Å². The van der Waals surface area contributed by atoms with Gasteiger partial charge in [-0.3, -0.25) is 4.79 Å². The van der Waals surface area contributed by atoms with E-state index in [1.165, 1.54) is 4.90 Å². The number of hydrogen-bond acceptors (Lipinski definition) is 3. The number of nitrogens with two attached hydrogens (primary N) is 1. The third kappa shape index (κ3) is 3.05. The van der Waals surface area contributed by atoms with Gasteiger partial charge in [0.25, 0.3) is 0 Å². The van der Waals surface area contributed by atoms with E-state index in [0.29, 0.717) is 5.56 Å². The van der Waals surface area contributed by atoms with Crippen molar-refractivity contribution in [3.05, 3.63) is 29.8 Å².